The van der Waals surface area contributed by atoms with Gasteiger partial charge in [0.15, 0.2) is 6.61 Å². The van der Waals surface area contributed by atoms with Gasteiger partial charge in [0.2, 0.25) is 0 Å². The summed E-state index contributed by atoms with van der Waals surface area (Å²) < 4.78 is 5.41. The predicted molar refractivity (Wildman–Crippen MR) is 79.9 cm³/mol. The van der Waals surface area contributed by atoms with Gasteiger partial charge in [0.05, 0.1) is 5.71 Å². The van der Waals surface area contributed by atoms with Gasteiger partial charge in [-0.2, -0.15) is 5.10 Å². The number of hydrogen-bond acceptors (Lipinski definition) is 3. The van der Waals surface area contributed by atoms with E-state index in [0.717, 1.165) is 25.0 Å². The summed E-state index contributed by atoms with van der Waals surface area (Å²) in [6, 6.07) is 7.75. The van der Waals surface area contributed by atoms with Crippen molar-refractivity contribution in [2.24, 2.45) is 5.10 Å². The van der Waals surface area contributed by atoms with Crippen molar-refractivity contribution in [1.29, 1.82) is 0 Å². The van der Waals surface area contributed by atoms with Crippen LogP contribution in [0.1, 0.15) is 32.3 Å². The zero-order valence-electron chi connectivity index (χ0n) is 12.0. The highest BCUT2D eigenvalue weighted by Crippen LogP contribution is 2.14. The minimum atomic E-state index is -0.241. The van der Waals surface area contributed by atoms with Crippen molar-refractivity contribution in [3.63, 3.8) is 0 Å². The Kier molecular flexibility index (Phi) is 4.93. The molecule has 0 saturated carbocycles. The molecule has 0 bridgehead atoms. The molecule has 1 amide bonds. The zero-order valence-corrected chi connectivity index (χ0v) is 12.0. The van der Waals surface area contributed by atoms with E-state index < -0.39 is 0 Å². The van der Waals surface area contributed by atoms with Gasteiger partial charge in [0.1, 0.15) is 5.75 Å². The monoisotopic (exact) mass is 272 g/mol. The molecule has 4 nitrogen and oxygen atoms in total. The van der Waals surface area contributed by atoms with Crippen LogP contribution in [0.25, 0.3) is 0 Å². The number of nitrogens with one attached hydrogen (secondary N) is 1. The quantitative estimate of drug-likeness (QED) is 0.838. The van der Waals surface area contributed by atoms with Crippen molar-refractivity contribution in [3.05, 3.63) is 41.5 Å². The summed E-state index contributed by atoms with van der Waals surface area (Å²) in [6.45, 7) is 4.14. The molecule has 4 heteroatoms. The summed E-state index contributed by atoms with van der Waals surface area (Å²) in [5.41, 5.74) is 5.98. The van der Waals surface area contributed by atoms with Crippen molar-refractivity contribution in [2.45, 2.75) is 33.1 Å². The van der Waals surface area contributed by atoms with E-state index in [0.29, 0.717) is 5.75 Å². The van der Waals surface area contributed by atoms with Crippen LogP contribution in [0.2, 0.25) is 0 Å². The van der Waals surface area contributed by atoms with E-state index >= 15 is 0 Å². The van der Waals surface area contributed by atoms with Crippen molar-refractivity contribution in [2.75, 3.05) is 6.61 Å². The van der Waals surface area contributed by atoms with Crippen molar-refractivity contribution < 1.29 is 9.53 Å². The maximum absolute atomic E-state index is 11.6. The van der Waals surface area contributed by atoms with Gasteiger partial charge in [-0.3, -0.25) is 4.79 Å². The number of hydrogen-bond donors (Lipinski definition) is 1. The first-order valence-corrected chi connectivity index (χ1v) is 6.91. The average Bonchev–Trinajstić information content (AvgIpc) is 2.89. The zero-order chi connectivity index (χ0) is 14.4. The second-order valence-corrected chi connectivity index (χ2v) is 4.91. The Hall–Kier alpha value is -2.10. The van der Waals surface area contributed by atoms with Gasteiger partial charge in [-0.1, -0.05) is 24.6 Å². The van der Waals surface area contributed by atoms with Crippen molar-refractivity contribution >= 4 is 11.6 Å². The van der Waals surface area contributed by atoms with E-state index in [9.17, 15) is 4.79 Å². The molecular weight excluding hydrogens is 252 g/mol. The van der Waals surface area contributed by atoms with Gasteiger partial charge in [0.25, 0.3) is 5.91 Å². The molecule has 20 heavy (non-hydrogen) atoms. The van der Waals surface area contributed by atoms with Gasteiger partial charge in [0, 0.05) is 0 Å². The summed E-state index contributed by atoms with van der Waals surface area (Å²) >= 11 is 0. The lowest BCUT2D eigenvalue weighted by Gasteiger charge is -2.06. The lowest BCUT2D eigenvalue weighted by molar-refractivity contribution is -0.123. The van der Waals surface area contributed by atoms with Crippen LogP contribution in [-0.4, -0.2) is 18.2 Å². The summed E-state index contributed by atoms with van der Waals surface area (Å²) in [5, 5.41) is 4.07. The van der Waals surface area contributed by atoms with Crippen LogP contribution in [0, 0.1) is 0 Å². The lowest BCUT2D eigenvalue weighted by atomic mass is 10.2. The van der Waals surface area contributed by atoms with E-state index in [2.05, 4.69) is 24.4 Å². The molecule has 0 heterocycles. The van der Waals surface area contributed by atoms with Crippen LogP contribution in [0.4, 0.5) is 0 Å². The Bertz CT molecular complexity index is 530. The minimum Gasteiger partial charge on any atom is -0.484 e. The second-order valence-electron chi connectivity index (χ2n) is 4.91. The number of carbonyl (C=O) groups excluding carboxylic acids is 1. The minimum absolute atomic E-state index is 0.0229. The average molecular weight is 272 g/mol. The van der Waals surface area contributed by atoms with Gasteiger partial charge in [-0.15, -0.1) is 0 Å². The summed E-state index contributed by atoms with van der Waals surface area (Å²) in [4.78, 5) is 11.6. The topological polar surface area (TPSA) is 50.7 Å². The largest absolute Gasteiger partial charge is 0.484 e. The van der Waals surface area contributed by atoms with Gasteiger partial charge < -0.3 is 4.74 Å². The van der Waals surface area contributed by atoms with Gasteiger partial charge in [-0.05, 0) is 50.0 Å². The molecule has 1 aliphatic carbocycles. The van der Waals surface area contributed by atoms with E-state index in [1.54, 1.807) is 0 Å². The SMILES string of the molecule is CCc1ccc(OCC(=O)N/N=C2\C=C(C)CC2)cc1. The number of amides is 1. The normalized spacial score (nSPS) is 16.1. The first-order chi connectivity index (χ1) is 9.67. The summed E-state index contributed by atoms with van der Waals surface area (Å²) in [7, 11) is 0. The molecule has 106 valence electrons. The lowest BCUT2D eigenvalue weighted by Crippen LogP contribution is -2.25. The molecule has 0 radical (unpaired) electrons. The molecule has 0 atom stereocenters. The van der Waals surface area contributed by atoms with Crippen molar-refractivity contribution in [3.8, 4) is 5.75 Å². The molecule has 2 rings (SSSR count). The molecule has 0 spiro atoms. The molecule has 0 aromatic heterocycles. The Labute approximate surface area is 119 Å². The smallest absolute Gasteiger partial charge is 0.277 e. The van der Waals surface area contributed by atoms with Crippen molar-refractivity contribution in [1.82, 2.24) is 5.43 Å². The number of allylic oxidation sites excluding steroid dienone is 2. The standard InChI is InChI=1S/C16H20N2O2/c1-3-13-5-8-15(9-6-13)20-11-16(19)18-17-14-7-4-12(2)10-14/h5-6,8-10H,3-4,7,11H2,1-2H3,(H,18,19)/b17-14-. The maximum Gasteiger partial charge on any atom is 0.277 e. The molecule has 0 saturated heterocycles. The van der Waals surface area contributed by atoms with Crippen LogP contribution in [0.5, 0.6) is 5.75 Å². The van der Waals surface area contributed by atoms with Crippen LogP contribution >= 0.6 is 0 Å². The fraction of sp³-hybridized carbons (Fsp3) is 0.375. The third kappa shape index (κ3) is 4.23. The molecule has 0 aliphatic heterocycles. The number of nitrogens with zero attached hydrogens (tertiary/aromatic N) is 1. The molecule has 1 aliphatic rings. The van der Waals surface area contributed by atoms with Crippen LogP contribution in [0.3, 0.4) is 0 Å². The summed E-state index contributed by atoms with van der Waals surface area (Å²) in [5.74, 6) is 0.455. The number of aryl methyl sites for hydroxylation is 1. The fourth-order valence-electron chi connectivity index (χ4n) is 1.98. The molecule has 0 unspecified atom stereocenters. The maximum atomic E-state index is 11.6. The number of ether oxygens (including phenoxy) is 1. The molecule has 0 fully saturated rings. The third-order valence-corrected chi connectivity index (χ3v) is 3.21. The Morgan fingerprint density at radius 3 is 2.65 bits per heavy atom. The van der Waals surface area contributed by atoms with E-state index in [4.69, 9.17) is 4.74 Å². The first-order valence-electron chi connectivity index (χ1n) is 6.91. The molecular formula is C16H20N2O2. The highest BCUT2D eigenvalue weighted by Gasteiger charge is 2.07. The Morgan fingerprint density at radius 1 is 1.30 bits per heavy atom. The number of rotatable bonds is 5. The number of hydrazone groups is 1. The predicted octanol–water partition coefficient (Wildman–Crippen LogP) is 2.84. The highest BCUT2D eigenvalue weighted by atomic mass is 16.5. The fourth-order valence-corrected chi connectivity index (χ4v) is 1.98. The highest BCUT2D eigenvalue weighted by molar-refractivity contribution is 5.98. The molecule has 1 N–H and O–H groups in total. The number of carbonyl (C=O) groups is 1. The summed E-state index contributed by atoms with van der Waals surface area (Å²) in [6.07, 6.45) is 4.91. The van der Waals surface area contributed by atoms with Gasteiger partial charge >= 0.3 is 0 Å². The molecule has 1 aromatic rings. The van der Waals surface area contributed by atoms with Crippen LogP contribution < -0.4 is 10.2 Å². The van der Waals surface area contributed by atoms with E-state index in [-0.39, 0.29) is 12.5 Å². The Morgan fingerprint density at radius 2 is 2.05 bits per heavy atom. The van der Waals surface area contributed by atoms with E-state index in [1.807, 2.05) is 30.3 Å². The Balaban J connectivity index is 1.77. The van der Waals surface area contributed by atoms with Crippen LogP contribution in [-0.2, 0) is 11.2 Å². The first kappa shape index (κ1) is 14.3. The van der Waals surface area contributed by atoms with Gasteiger partial charge in [-0.25, -0.2) is 5.43 Å². The number of benzene rings is 1. The van der Waals surface area contributed by atoms with Crippen LogP contribution in [0.15, 0.2) is 41.0 Å². The second kappa shape index (κ2) is 6.89. The van der Waals surface area contributed by atoms with E-state index in [1.165, 1.54) is 11.1 Å². The molecule has 1 aromatic carbocycles. The third-order valence-electron chi connectivity index (χ3n) is 3.21.